The molecule has 16 rings (SSSR count). The van der Waals surface area contributed by atoms with Crippen LogP contribution >= 0.6 is 0 Å². The molecule has 7 aromatic rings. The molecule has 26 N–H and O–H groups in total. The second-order valence-corrected chi connectivity index (χ2v) is 35.5. The average Bonchev–Trinajstić information content (AvgIpc) is 1.72. The molecule has 9 aliphatic carbocycles. The zero-order valence-electron chi connectivity index (χ0n) is 83.4. The van der Waals surface area contributed by atoms with Crippen LogP contribution in [0.2, 0.25) is 0 Å². The molecular formula is C111H199N7O7. The molecule has 7 aromatic carbocycles. The van der Waals surface area contributed by atoms with Crippen LogP contribution in [0.5, 0.6) is 0 Å². The normalized spacial score (nSPS) is 20.2. The fourth-order valence-electron chi connectivity index (χ4n) is 21.2. The van der Waals surface area contributed by atoms with E-state index in [2.05, 4.69) is 235 Å². The van der Waals surface area contributed by atoms with Crippen LogP contribution in [0.15, 0.2) is 182 Å². The summed E-state index contributed by atoms with van der Waals surface area (Å²) in [4.78, 5) is 6.91. The maximum atomic E-state index is 2.45. The highest BCUT2D eigenvalue weighted by atomic mass is 16.0. The lowest BCUT2D eigenvalue weighted by molar-refractivity contribution is 0.102. The first-order valence-corrected chi connectivity index (χ1v) is 48.5. The summed E-state index contributed by atoms with van der Waals surface area (Å²) in [5.41, 5.74) is 16.5. The molecule has 9 aliphatic rings. The molecule has 125 heavy (non-hydrogen) atoms. The quantitative estimate of drug-likeness (QED) is 0.0915. The standard InChI is InChI=1S/C37H35N.C20H37N.C13H19N.2C12H22.C7H8.5C2H6.4H3N.7H2O/c1-38(32-24-20-30(21-25-32)36-18-10-8-16-34(36)28-12-4-2-5-13-28)33-26-22-31(23-27-33)37-19-11-9-17-35(37)29-14-6-3-7-15-29;1-21(2)20-14-12-19(13-15-20)18-10-8-17(9-11-18)16-6-4-3-5-7-16;1-13(2)8-7-10-5-6-11(14(3)4)9-12(10)13;2*1-3-7-11(8-4-1)12-9-5-2-6-10-12;1-7-5-3-2-4-6-7;5*1-2;;;;;;;;;;;/h2-8,10,12-16,18,20-27,35,37H,9,11,17,19H2,1H3;16-20H,3-15H2,1-2H3;5-6,9H,7-8H2,1-4H3;2*11-12H,1-10H2;2-6H,1H3;5*1-2H3;4*1H3;7*1H2. The number of benzene rings is 7. The molecule has 0 amide bonds. The van der Waals surface area contributed by atoms with Gasteiger partial charge < -0.3 is 77.6 Å². The summed E-state index contributed by atoms with van der Waals surface area (Å²) in [6, 6.07) is 66.7. The van der Waals surface area contributed by atoms with Crippen LogP contribution in [0.25, 0.3) is 22.3 Å². The van der Waals surface area contributed by atoms with Gasteiger partial charge in [-0.25, -0.2) is 0 Å². The second-order valence-electron chi connectivity index (χ2n) is 35.5. The molecule has 0 bridgehead atoms. The van der Waals surface area contributed by atoms with E-state index in [0.717, 1.165) is 53.4 Å². The van der Waals surface area contributed by atoms with E-state index in [9.17, 15) is 0 Å². The highest BCUT2D eigenvalue weighted by molar-refractivity contribution is 5.84. The van der Waals surface area contributed by atoms with Crippen LogP contribution in [-0.2, 0) is 11.8 Å². The van der Waals surface area contributed by atoms with Crippen molar-refractivity contribution in [3.05, 3.63) is 210 Å². The summed E-state index contributed by atoms with van der Waals surface area (Å²) >= 11 is 0. The SMILES string of the molecule is C1CCC(C2CCCCC2)CC1.C1CCC(C2CCCCC2)CC1.CC.CC.CC.CC.CC.CN(C)C1CCC(C2CCC(C3CCCCC3)CC2)CC1.CN(C)c1ccc2c(c1)C(C)(C)CC2.CN(c1ccc(-c2ccccc2-c2ccccc2)cc1)c1ccc(C2CCCCC2c2ccccc2)cc1.Cc1ccccc1.N.N.N.N.O.O.O.O.O.O.O. The van der Waals surface area contributed by atoms with Crippen molar-refractivity contribution in [3.8, 4) is 22.3 Å². The Hall–Kier alpha value is -6.34. The zero-order valence-corrected chi connectivity index (χ0v) is 83.4. The van der Waals surface area contributed by atoms with E-state index in [0.29, 0.717) is 17.3 Å². The van der Waals surface area contributed by atoms with Gasteiger partial charge >= 0.3 is 0 Å². The van der Waals surface area contributed by atoms with Gasteiger partial charge in [0.1, 0.15) is 0 Å². The average molecular weight is 1740 g/mol. The van der Waals surface area contributed by atoms with Crippen LogP contribution in [0.3, 0.4) is 0 Å². The lowest BCUT2D eigenvalue weighted by Crippen LogP contribution is -2.35. The van der Waals surface area contributed by atoms with E-state index in [4.69, 9.17) is 0 Å². The van der Waals surface area contributed by atoms with E-state index < -0.39 is 0 Å². The Kier molecular flexibility index (Phi) is 77.1. The topological polar surface area (TPSA) is 370 Å². The Morgan fingerprint density at radius 2 is 0.544 bits per heavy atom. The molecule has 14 heteroatoms. The van der Waals surface area contributed by atoms with E-state index in [1.807, 2.05) is 87.4 Å². The number of anilines is 3. The van der Waals surface area contributed by atoms with Gasteiger partial charge in [-0.05, 0) is 244 Å². The van der Waals surface area contributed by atoms with Crippen molar-refractivity contribution in [2.45, 2.75) is 364 Å². The van der Waals surface area contributed by atoms with Crippen LogP contribution in [0, 0.1) is 54.3 Å². The third-order valence-corrected chi connectivity index (χ3v) is 27.8. The van der Waals surface area contributed by atoms with E-state index in [1.165, 1.54) is 217 Å². The van der Waals surface area contributed by atoms with Crippen LogP contribution < -0.4 is 34.4 Å². The van der Waals surface area contributed by atoms with Crippen molar-refractivity contribution in [3.63, 3.8) is 0 Å². The number of rotatable bonds is 12. The molecule has 0 heterocycles. The van der Waals surface area contributed by atoms with Crippen LogP contribution in [0.1, 0.15) is 367 Å². The highest BCUT2D eigenvalue weighted by Crippen LogP contribution is 2.48. The molecule has 0 saturated heterocycles. The summed E-state index contributed by atoms with van der Waals surface area (Å²) in [5, 5.41) is 0. The van der Waals surface area contributed by atoms with Crippen molar-refractivity contribution >= 4 is 17.1 Å². The second kappa shape index (κ2) is 74.4. The molecule has 0 spiro atoms. The van der Waals surface area contributed by atoms with Gasteiger partial charge in [-0.2, -0.15) is 0 Å². The van der Waals surface area contributed by atoms with Gasteiger partial charge in [-0.15, -0.1) is 0 Å². The molecule has 14 nitrogen and oxygen atoms in total. The van der Waals surface area contributed by atoms with Crippen LogP contribution in [0.4, 0.5) is 17.1 Å². The van der Waals surface area contributed by atoms with Gasteiger partial charge in [0.15, 0.2) is 0 Å². The third kappa shape index (κ3) is 42.4. The monoisotopic (exact) mass is 1740 g/mol. The highest BCUT2D eigenvalue weighted by Gasteiger charge is 2.35. The Labute approximate surface area is 768 Å². The molecule has 8 fully saturated rings. The first-order valence-electron chi connectivity index (χ1n) is 48.5. The third-order valence-electron chi connectivity index (χ3n) is 27.8. The van der Waals surface area contributed by atoms with Crippen molar-refractivity contribution in [1.82, 2.24) is 29.5 Å². The zero-order chi connectivity index (χ0) is 82.3. The minimum atomic E-state index is 0. The molecule has 2 unspecified atom stereocenters. The van der Waals surface area contributed by atoms with E-state index in [1.54, 1.807) is 101 Å². The lowest BCUT2D eigenvalue weighted by atomic mass is 9.66. The number of aryl methyl sites for hydroxylation is 2. The summed E-state index contributed by atoms with van der Waals surface area (Å²) < 4.78 is 0. The largest absolute Gasteiger partial charge is 0.412 e. The Morgan fingerprint density at radius 1 is 0.272 bits per heavy atom. The Balaban J connectivity index is -0.000000351. The minimum Gasteiger partial charge on any atom is -0.412 e. The predicted octanol–water partition coefficient (Wildman–Crippen LogP) is 29.0. The molecule has 0 aliphatic heterocycles. The number of hydrogen-bond acceptors (Lipinski definition) is 7. The summed E-state index contributed by atoms with van der Waals surface area (Å²) in [7, 11) is 10.9. The Morgan fingerprint density at radius 3 is 0.864 bits per heavy atom. The van der Waals surface area contributed by atoms with E-state index in [-0.39, 0.29) is 62.9 Å². The first-order chi connectivity index (χ1) is 55.8. The van der Waals surface area contributed by atoms with Crippen molar-refractivity contribution in [1.29, 1.82) is 0 Å². The van der Waals surface area contributed by atoms with Gasteiger partial charge in [0, 0.05) is 44.2 Å². The van der Waals surface area contributed by atoms with Crippen molar-refractivity contribution < 1.29 is 38.3 Å². The first kappa shape index (κ1) is 129. The van der Waals surface area contributed by atoms with Crippen LogP contribution in [-0.4, -0.2) is 84.5 Å². The van der Waals surface area contributed by atoms with Gasteiger partial charge in [0.2, 0.25) is 0 Å². The summed E-state index contributed by atoms with van der Waals surface area (Å²) in [6.45, 7) is 26.8. The number of fused-ring (bicyclic) bond motifs is 1. The minimum absolute atomic E-state index is 0. The van der Waals surface area contributed by atoms with Gasteiger partial charge in [-0.3, -0.25) is 0 Å². The molecule has 0 radical (unpaired) electrons. The summed E-state index contributed by atoms with van der Waals surface area (Å²) in [5.74, 6) is 10.2. The molecule has 0 aromatic heterocycles. The fourth-order valence-corrected chi connectivity index (χ4v) is 21.2. The smallest absolute Gasteiger partial charge is 0.0408 e. The number of nitrogens with zero attached hydrogens (tertiary/aromatic N) is 3. The van der Waals surface area contributed by atoms with Gasteiger partial charge in [0.05, 0.1) is 0 Å². The molecule has 8 saturated carbocycles. The van der Waals surface area contributed by atoms with Gasteiger partial charge in [-0.1, -0.05) is 408 Å². The van der Waals surface area contributed by atoms with Gasteiger partial charge in [0.25, 0.3) is 0 Å². The lowest BCUT2D eigenvalue weighted by Gasteiger charge is -2.41. The van der Waals surface area contributed by atoms with E-state index >= 15 is 0 Å². The van der Waals surface area contributed by atoms with Crippen molar-refractivity contribution in [2.75, 3.05) is 45.0 Å². The maximum absolute atomic E-state index is 2.45. The number of hydrogen-bond donors (Lipinski definition) is 4. The predicted molar refractivity (Wildman–Crippen MR) is 555 cm³/mol. The van der Waals surface area contributed by atoms with Crippen molar-refractivity contribution in [2.24, 2.45) is 47.3 Å². The molecule has 720 valence electrons. The fraction of sp³-hybridized carbons (Fsp3) is 0.622. The molecular weight excluding hydrogens is 1540 g/mol. The maximum Gasteiger partial charge on any atom is 0.0408 e. The summed E-state index contributed by atoms with van der Waals surface area (Å²) in [6.07, 6.45) is 58.5. The molecule has 2 atom stereocenters. The Bertz CT molecular complexity index is 3440.